The molecule has 0 fully saturated rings. The Bertz CT molecular complexity index is 1490. The highest BCUT2D eigenvalue weighted by Gasteiger charge is 2.38. The molecule has 0 amide bonds. The largest absolute Gasteiger partial charge is 0.530 e. The van der Waals surface area contributed by atoms with Crippen LogP contribution < -0.4 is 9.05 Å². The van der Waals surface area contributed by atoms with E-state index in [2.05, 4.69) is 117 Å². The van der Waals surface area contributed by atoms with Crippen molar-refractivity contribution in [3.8, 4) is 22.6 Å². The summed E-state index contributed by atoms with van der Waals surface area (Å²) in [5, 5.41) is 0. The molecule has 0 saturated carbocycles. The second-order valence-electron chi connectivity index (χ2n) is 13.1. The Hall–Kier alpha value is -2.68. The minimum absolute atomic E-state index is 0.0823. The van der Waals surface area contributed by atoms with Gasteiger partial charge in [-0.3, -0.25) is 0 Å². The third kappa shape index (κ3) is 5.99. The smallest absolute Gasteiger partial charge is 0.408 e. The van der Waals surface area contributed by atoms with Crippen LogP contribution in [0.25, 0.3) is 11.1 Å². The summed E-state index contributed by atoms with van der Waals surface area (Å²) in [6.45, 7) is 20.1. The van der Waals surface area contributed by atoms with E-state index in [1.165, 1.54) is 27.2 Å². The number of para-hydroxylation sites is 1. The topological polar surface area (TPSA) is 27.7 Å². The third-order valence-electron chi connectivity index (χ3n) is 7.33. The first-order valence-electron chi connectivity index (χ1n) is 14.1. The summed E-state index contributed by atoms with van der Waals surface area (Å²) in [5.41, 5.74) is 6.80. The second-order valence-corrected chi connectivity index (χ2v) is 15.2. The third-order valence-corrected chi connectivity index (χ3v) is 9.46. The van der Waals surface area contributed by atoms with E-state index < -0.39 is 8.60 Å². The summed E-state index contributed by atoms with van der Waals surface area (Å²) < 4.78 is 20.5. The van der Waals surface area contributed by atoms with Gasteiger partial charge in [0, 0.05) is 16.0 Å². The SMILES string of the molecule is Cc1cc2c(c(C(C)(C)C)c1)OP(Oc1ccccc1-c1ccccc1C)OC1=C(CC(C)C=C1C(C)(C)C)S2. The first-order valence-corrected chi connectivity index (χ1v) is 16.0. The van der Waals surface area contributed by atoms with Gasteiger partial charge in [0.05, 0.1) is 4.90 Å². The minimum Gasteiger partial charge on any atom is -0.408 e. The highest BCUT2D eigenvalue weighted by atomic mass is 32.2. The molecule has 3 aromatic rings. The van der Waals surface area contributed by atoms with Gasteiger partial charge in [0.1, 0.15) is 17.3 Å². The van der Waals surface area contributed by atoms with Crippen LogP contribution in [0, 0.1) is 25.2 Å². The molecule has 210 valence electrons. The van der Waals surface area contributed by atoms with Crippen LogP contribution >= 0.6 is 20.4 Å². The van der Waals surface area contributed by atoms with E-state index in [1.54, 1.807) is 11.8 Å². The standard InChI is InChI=1S/C35H41O3PS/c1-22-18-27(34(4,5)6)32-30(20-22)40-31-21-23(2)19-28(35(7,8)9)33(31)38-39(37-32)36-29-17-13-12-16-26(29)25-15-11-10-14-24(25)3/h10-20,23H,21H2,1-9H3. The van der Waals surface area contributed by atoms with Crippen molar-refractivity contribution in [1.82, 2.24) is 0 Å². The van der Waals surface area contributed by atoms with E-state index in [0.29, 0.717) is 5.92 Å². The number of rotatable bonds is 3. The van der Waals surface area contributed by atoms with Gasteiger partial charge in [-0.15, -0.1) is 0 Å². The zero-order valence-electron chi connectivity index (χ0n) is 25.2. The van der Waals surface area contributed by atoms with Crippen LogP contribution in [0.1, 0.15) is 71.6 Å². The average Bonchev–Trinajstić information content (AvgIpc) is 2.85. The number of hydrogen-bond donors (Lipinski definition) is 0. The van der Waals surface area contributed by atoms with Gasteiger partial charge >= 0.3 is 8.60 Å². The summed E-state index contributed by atoms with van der Waals surface area (Å²) in [6, 6.07) is 21.1. The van der Waals surface area contributed by atoms with Gasteiger partial charge in [-0.1, -0.05) is 115 Å². The number of thioether (sulfide) groups is 1. The molecule has 3 aromatic carbocycles. The quantitative estimate of drug-likeness (QED) is 0.292. The van der Waals surface area contributed by atoms with Crippen LogP contribution in [-0.4, -0.2) is 0 Å². The maximum Gasteiger partial charge on any atom is 0.530 e. The van der Waals surface area contributed by atoms with E-state index in [9.17, 15) is 0 Å². The van der Waals surface area contributed by atoms with Crippen molar-refractivity contribution in [1.29, 1.82) is 0 Å². The zero-order valence-corrected chi connectivity index (χ0v) is 26.9. The van der Waals surface area contributed by atoms with Crippen LogP contribution in [0.3, 0.4) is 0 Å². The van der Waals surface area contributed by atoms with Gasteiger partial charge in [0.25, 0.3) is 0 Å². The lowest BCUT2D eigenvalue weighted by atomic mass is 9.80. The minimum atomic E-state index is -1.81. The summed E-state index contributed by atoms with van der Waals surface area (Å²) in [6.07, 6.45) is 3.30. The Balaban J connectivity index is 1.67. The average molecular weight is 573 g/mol. The summed E-state index contributed by atoms with van der Waals surface area (Å²) in [5.74, 6) is 2.97. The van der Waals surface area contributed by atoms with Crippen LogP contribution in [-0.2, 0) is 9.94 Å². The molecule has 1 heterocycles. The Labute approximate surface area is 246 Å². The molecule has 0 saturated heterocycles. The number of aryl methyl sites for hydroxylation is 2. The molecule has 0 radical (unpaired) electrons. The highest BCUT2D eigenvalue weighted by molar-refractivity contribution is 8.03. The fourth-order valence-corrected chi connectivity index (χ4v) is 7.87. The van der Waals surface area contributed by atoms with E-state index >= 15 is 0 Å². The summed E-state index contributed by atoms with van der Waals surface area (Å²) >= 11 is 1.80. The maximum atomic E-state index is 6.87. The summed E-state index contributed by atoms with van der Waals surface area (Å²) in [7, 11) is -1.81. The van der Waals surface area contributed by atoms with Crippen LogP contribution in [0.4, 0.5) is 0 Å². The molecule has 40 heavy (non-hydrogen) atoms. The molecule has 0 aromatic heterocycles. The molecule has 0 spiro atoms. The van der Waals surface area contributed by atoms with Crippen molar-refractivity contribution in [2.24, 2.45) is 11.3 Å². The molecule has 1 aliphatic carbocycles. The van der Waals surface area contributed by atoms with Crippen molar-refractivity contribution >= 4 is 20.4 Å². The van der Waals surface area contributed by atoms with Gasteiger partial charge in [0.15, 0.2) is 0 Å². The second kappa shape index (κ2) is 11.0. The van der Waals surface area contributed by atoms with Gasteiger partial charge < -0.3 is 13.6 Å². The lowest BCUT2D eigenvalue weighted by Gasteiger charge is -2.35. The van der Waals surface area contributed by atoms with Crippen molar-refractivity contribution in [2.45, 2.75) is 79.0 Å². The van der Waals surface area contributed by atoms with E-state index in [0.717, 1.165) is 39.7 Å². The van der Waals surface area contributed by atoms with Gasteiger partial charge in [0.2, 0.25) is 0 Å². The number of hydrogen-bond acceptors (Lipinski definition) is 4. The molecule has 0 N–H and O–H groups in total. The molecule has 2 aliphatic rings. The Morgan fingerprint density at radius 1 is 0.850 bits per heavy atom. The molecular weight excluding hydrogens is 531 g/mol. The first-order chi connectivity index (χ1) is 18.8. The fraction of sp³-hybridized carbons (Fsp3) is 0.371. The molecule has 1 aliphatic heterocycles. The van der Waals surface area contributed by atoms with Gasteiger partial charge in [-0.2, -0.15) is 0 Å². The molecule has 5 rings (SSSR count). The lowest BCUT2D eigenvalue weighted by molar-refractivity contribution is 0.310. The molecular formula is C35H41O3PS. The lowest BCUT2D eigenvalue weighted by Crippen LogP contribution is -2.21. The molecule has 3 nitrogen and oxygen atoms in total. The Kier molecular flexibility index (Phi) is 7.89. The van der Waals surface area contributed by atoms with Crippen molar-refractivity contribution in [3.05, 3.63) is 99.7 Å². The maximum absolute atomic E-state index is 6.87. The Morgan fingerprint density at radius 2 is 1.52 bits per heavy atom. The van der Waals surface area contributed by atoms with Crippen molar-refractivity contribution in [2.75, 3.05) is 0 Å². The predicted octanol–water partition coefficient (Wildman–Crippen LogP) is 11.3. The van der Waals surface area contributed by atoms with Gasteiger partial charge in [-0.25, -0.2) is 0 Å². The number of fused-ring (bicyclic) bond motifs is 1. The van der Waals surface area contributed by atoms with Crippen molar-refractivity contribution < 1.29 is 13.6 Å². The number of allylic oxidation sites excluding steroid dienone is 3. The molecule has 5 heteroatoms. The van der Waals surface area contributed by atoms with Gasteiger partial charge in [-0.05, 0) is 71.4 Å². The first kappa shape index (κ1) is 28.8. The monoisotopic (exact) mass is 572 g/mol. The fourth-order valence-electron chi connectivity index (χ4n) is 5.26. The zero-order chi connectivity index (χ0) is 28.8. The van der Waals surface area contributed by atoms with Crippen molar-refractivity contribution in [3.63, 3.8) is 0 Å². The highest BCUT2D eigenvalue weighted by Crippen LogP contribution is 2.58. The molecule has 2 atom stereocenters. The molecule has 0 bridgehead atoms. The van der Waals surface area contributed by atoms with E-state index in [-0.39, 0.29) is 10.8 Å². The van der Waals surface area contributed by atoms with E-state index in [4.69, 9.17) is 13.6 Å². The number of benzene rings is 3. The van der Waals surface area contributed by atoms with Crippen LogP contribution in [0.15, 0.2) is 87.9 Å². The predicted molar refractivity (Wildman–Crippen MR) is 170 cm³/mol. The summed E-state index contributed by atoms with van der Waals surface area (Å²) in [4.78, 5) is 2.38. The van der Waals surface area contributed by atoms with Crippen LogP contribution in [0.5, 0.6) is 11.5 Å². The Morgan fingerprint density at radius 3 is 2.20 bits per heavy atom. The normalized spacial score (nSPS) is 19.4. The van der Waals surface area contributed by atoms with E-state index in [1.807, 2.05) is 12.1 Å². The molecule has 2 unspecified atom stereocenters. The van der Waals surface area contributed by atoms with Crippen LogP contribution in [0.2, 0.25) is 0 Å².